The minimum atomic E-state index is 0.148. The molecule has 1 aliphatic carbocycles. The van der Waals surface area contributed by atoms with Crippen LogP contribution in [0.1, 0.15) is 60.3 Å². The van der Waals surface area contributed by atoms with Gasteiger partial charge in [-0.3, -0.25) is 0 Å². The molecule has 2 rings (SSSR count). The lowest BCUT2D eigenvalue weighted by molar-refractivity contribution is -0.0963. The fourth-order valence-electron chi connectivity index (χ4n) is 3.28. The molecular formula is C15H29NO. The highest BCUT2D eigenvalue weighted by atomic mass is 16.5. The van der Waals surface area contributed by atoms with Crippen LogP contribution in [0.5, 0.6) is 0 Å². The van der Waals surface area contributed by atoms with Gasteiger partial charge in [0.25, 0.3) is 0 Å². The van der Waals surface area contributed by atoms with E-state index in [0.717, 1.165) is 18.9 Å². The highest BCUT2D eigenvalue weighted by Crippen LogP contribution is 2.62. The van der Waals surface area contributed by atoms with E-state index in [0.29, 0.717) is 5.41 Å². The highest BCUT2D eigenvalue weighted by Gasteiger charge is 2.57. The molecule has 2 fully saturated rings. The Morgan fingerprint density at radius 3 is 2.65 bits per heavy atom. The van der Waals surface area contributed by atoms with E-state index in [4.69, 9.17) is 4.74 Å². The molecule has 3 unspecified atom stereocenters. The first-order valence-electron chi connectivity index (χ1n) is 7.18. The minimum absolute atomic E-state index is 0.148. The molecule has 3 atom stereocenters. The quantitative estimate of drug-likeness (QED) is 0.815. The Hall–Kier alpha value is -0.0800. The van der Waals surface area contributed by atoms with Gasteiger partial charge in [0.2, 0.25) is 0 Å². The van der Waals surface area contributed by atoms with Crippen molar-refractivity contribution in [2.75, 3.05) is 13.2 Å². The molecule has 1 saturated heterocycles. The summed E-state index contributed by atoms with van der Waals surface area (Å²) in [6, 6.07) is 0. The van der Waals surface area contributed by atoms with Crippen LogP contribution in [-0.2, 0) is 4.74 Å². The van der Waals surface area contributed by atoms with Crippen LogP contribution in [0.4, 0.5) is 0 Å². The van der Waals surface area contributed by atoms with Crippen molar-refractivity contribution in [2.45, 2.75) is 71.4 Å². The summed E-state index contributed by atoms with van der Waals surface area (Å²) in [5, 5.41) is 3.66. The van der Waals surface area contributed by atoms with Gasteiger partial charge >= 0.3 is 0 Å². The Balaban J connectivity index is 1.87. The van der Waals surface area contributed by atoms with Crippen LogP contribution in [0.3, 0.4) is 0 Å². The molecule has 1 aliphatic heterocycles. The molecule has 0 aromatic rings. The number of hydrogen-bond acceptors (Lipinski definition) is 2. The SMILES string of the molecule is CCC1(C)CC2(CCO1)CC2CNC(C)(C)C. The van der Waals surface area contributed by atoms with Crippen molar-refractivity contribution in [2.24, 2.45) is 11.3 Å². The van der Waals surface area contributed by atoms with Crippen LogP contribution in [0.25, 0.3) is 0 Å². The summed E-state index contributed by atoms with van der Waals surface area (Å²) in [7, 11) is 0. The lowest BCUT2D eigenvalue weighted by Gasteiger charge is -2.39. The normalized spacial score (nSPS) is 41.8. The molecule has 17 heavy (non-hydrogen) atoms. The van der Waals surface area contributed by atoms with Crippen LogP contribution in [-0.4, -0.2) is 24.3 Å². The fraction of sp³-hybridized carbons (Fsp3) is 1.00. The largest absolute Gasteiger partial charge is 0.375 e. The van der Waals surface area contributed by atoms with E-state index >= 15 is 0 Å². The second kappa shape index (κ2) is 4.24. The highest BCUT2D eigenvalue weighted by molar-refractivity contribution is 5.08. The first-order valence-corrected chi connectivity index (χ1v) is 7.18. The van der Waals surface area contributed by atoms with E-state index in [1.807, 2.05) is 0 Å². The smallest absolute Gasteiger partial charge is 0.0657 e. The van der Waals surface area contributed by atoms with Gasteiger partial charge in [-0.1, -0.05) is 6.92 Å². The molecule has 2 nitrogen and oxygen atoms in total. The number of hydrogen-bond donors (Lipinski definition) is 1. The zero-order chi connectivity index (χ0) is 12.7. The third-order valence-corrected chi connectivity index (χ3v) is 4.76. The van der Waals surface area contributed by atoms with E-state index in [9.17, 15) is 0 Å². The van der Waals surface area contributed by atoms with Crippen LogP contribution >= 0.6 is 0 Å². The molecule has 0 amide bonds. The van der Waals surface area contributed by atoms with Crippen molar-refractivity contribution in [1.82, 2.24) is 5.32 Å². The lowest BCUT2D eigenvalue weighted by Crippen LogP contribution is -2.41. The minimum Gasteiger partial charge on any atom is -0.375 e. The van der Waals surface area contributed by atoms with E-state index in [-0.39, 0.29) is 11.1 Å². The second-order valence-corrected chi connectivity index (χ2v) is 7.47. The fourth-order valence-corrected chi connectivity index (χ4v) is 3.28. The Morgan fingerprint density at radius 2 is 2.06 bits per heavy atom. The van der Waals surface area contributed by atoms with Gasteiger partial charge in [-0.05, 0) is 71.3 Å². The standard InChI is InChI=1S/C15H29NO/c1-6-14(5)11-15(7-8-17-14)9-12(15)10-16-13(2,3)4/h12,16H,6-11H2,1-5H3. The Kier molecular flexibility index (Phi) is 3.33. The number of rotatable bonds is 3. The van der Waals surface area contributed by atoms with Crippen molar-refractivity contribution in [3.8, 4) is 0 Å². The summed E-state index contributed by atoms with van der Waals surface area (Å²) in [4.78, 5) is 0. The van der Waals surface area contributed by atoms with Gasteiger partial charge in [0.15, 0.2) is 0 Å². The van der Waals surface area contributed by atoms with E-state index in [2.05, 4.69) is 39.9 Å². The summed E-state index contributed by atoms with van der Waals surface area (Å²) in [5.74, 6) is 0.886. The molecule has 2 aliphatic rings. The zero-order valence-corrected chi connectivity index (χ0v) is 12.2. The van der Waals surface area contributed by atoms with Gasteiger partial charge in [-0.25, -0.2) is 0 Å². The summed E-state index contributed by atoms with van der Waals surface area (Å²) >= 11 is 0. The summed E-state index contributed by atoms with van der Waals surface area (Å²) in [6.45, 7) is 13.5. The van der Waals surface area contributed by atoms with E-state index < -0.39 is 0 Å². The third-order valence-electron chi connectivity index (χ3n) is 4.76. The Morgan fingerprint density at radius 1 is 1.35 bits per heavy atom. The van der Waals surface area contributed by atoms with Gasteiger partial charge < -0.3 is 10.1 Å². The molecule has 100 valence electrons. The zero-order valence-electron chi connectivity index (χ0n) is 12.2. The van der Waals surface area contributed by atoms with Crippen molar-refractivity contribution in [1.29, 1.82) is 0 Å². The lowest BCUT2D eigenvalue weighted by atomic mass is 9.81. The summed E-state index contributed by atoms with van der Waals surface area (Å²) in [6.07, 6.45) is 5.11. The van der Waals surface area contributed by atoms with Gasteiger partial charge in [-0.2, -0.15) is 0 Å². The van der Waals surface area contributed by atoms with Gasteiger partial charge in [0.05, 0.1) is 5.60 Å². The summed E-state index contributed by atoms with van der Waals surface area (Å²) < 4.78 is 5.96. The molecule has 0 aromatic carbocycles. The first-order chi connectivity index (χ1) is 7.79. The maximum atomic E-state index is 5.96. The van der Waals surface area contributed by atoms with Gasteiger partial charge in [-0.15, -0.1) is 0 Å². The molecular weight excluding hydrogens is 210 g/mol. The van der Waals surface area contributed by atoms with Crippen molar-refractivity contribution in [3.63, 3.8) is 0 Å². The second-order valence-electron chi connectivity index (χ2n) is 7.47. The van der Waals surface area contributed by atoms with Crippen molar-refractivity contribution in [3.05, 3.63) is 0 Å². The van der Waals surface area contributed by atoms with Crippen molar-refractivity contribution < 1.29 is 4.74 Å². The molecule has 1 spiro atoms. The average Bonchev–Trinajstić information content (AvgIpc) is 2.87. The predicted molar refractivity (Wildman–Crippen MR) is 72.2 cm³/mol. The van der Waals surface area contributed by atoms with Crippen LogP contribution < -0.4 is 5.32 Å². The van der Waals surface area contributed by atoms with Crippen LogP contribution in [0.15, 0.2) is 0 Å². The first kappa shape index (κ1) is 13.4. The molecule has 0 bridgehead atoms. The topological polar surface area (TPSA) is 21.3 Å². The van der Waals surface area contributed by atoms with E-state index in [1.165, 1.54) is 25.8 Å². The number of nitrogens with one attached hydrogen (secondary N) is 1. The summed E-state index contributed by atoms with van der Waals surface area (Å²) in [5.41, 5.74) is 1.01. The van der Waals surface area contributed by atoms with Gasteiger partial charge in [0.1, 0.15) is 0 Å². The van der Waals surface area contributed by atoms with E-state index in [1.54, 1.807) is 0 Å². The average molecular weight is 239 g/mol. The molecule has 1 saturated carbocycles. The molecule has 2 heteroatoms. The predicted octanol–water partition coefficient (Wildman–Crippen LogP) is 3.36. The van der Waals surface area contributed by atoms with Crippen LogP contribution in [0, 0.1) is 11.3 Å². The molecule has 1 heterocycles. The third kappa shape index (κ3) is 3.03. The maximum absolute atomic E-state index is 5.96. The van der Waals surface area contributed by atoms with Crippen molar-refractivity contribution >= 4 is 0 Å². The van der Waals surface area contributed by atoms with Gasteiger partial charge in [0, 0.05) is 12.1 Å². The molecule has 1 N–H and O–H groups in total. The molecule has 0 aromatic heterocycles. The number of ether oxygens (including phenoxy) is 1. The van der Waals surface area contributed by atoms with Crippen LogP contribution in [0.2, 0.25) is 0 Å². The molecule has 0 radical (unpaired) electrons. The maximum Gasteiger partial charge on any atom is 0.0657 e. The monoisotopic (exact) mass is 239 g/mol. The Bertz CT molecular complexity index is 283. The Labute approximate surface area is 107 Å².